The molecule has 1 amide bonds. The van der Waals surface area contributed by atoms with Crippen molar-refractivity contribution in [3.63, 3.8) is 0 Å². The number of methoxy groups -OCH3 is 2. The van der Waals surface area contributed by atoms with E-state index < -0.39 is 0 Å². The number of amides is 1. The zero-order valence-corrected chi connectivity index (χ0v) is 14.0. The molecular formula is C15H17NO4S2. The van der Waals surface area contributed by atoms with Crippen LogP contribution in [0.5, 0.6) is 11.5 Å². The van der Waals surface area contributed by atoms with Crippen LogP contribution in [-0.2, 0) is 4.79 Å². The topological polar surface area (TPSA) is 59.0 Å². The highest BCUT2D eigenvalue weighted by Crippen LogP contribution is 2.35. The van der Waals surface area contributed by atoms with E-state index in [2.05, 4.69) is 0 Å². The van der Waals surface area contributed by atoms with Crippen LogP contribution in [-0.4, -0.2) is 47.6 Å². The first-order chi connectivity index (χ1) is 10.6. The Kier molecular flexibility index (Phi) is 5.82. The van der Waals surface area contributed by atoms with Gasteiger partial charge in [-0.15, -0.1) is 0 Å². The number of carbonyl (C=O) groups excluding carboxylic acids is 1. The van der Waals surface area contributed by atoms with Crippen molar-refractivity contribution in [3.05, 3.63) is 28.7 Å². The maximum Gasteiger partial charge on any atom is 0.266 e. The molecule has 1 heterocycles. The number of aliphatic hydroxyl groups is 1. The highest BCUT2D eigenvalue weighted by molar-refractivity contribution is 8.26. The number of thiocarbonyl (C=S) groups is 1. The summed E-state index contributed by atoms with van der Waals surface area (Å²) in [5, 5.41) is 8.89. The average molecular weight is 339 g/mol. The predicted octanol–water partition coefficient (Wildman–Crippen LogP) is 2.29. The Labute approximate surface area is 138 Å². The molecule has 0 saturated carbocycles. The van der Waals surface area contributed by atoms with Gasteiger partial charge >= 0.3 is 0 Å². The molecule has 118 valence electrons. The smallest absolute Gasteiger partial charge is 0.266 e. The van der Waals surface area contributed by atoms with Crippen molar-refractivity contribution in [2.75, 3.05) is 27.4 Å². The summed E-state index contributed by atoms with van der Waals surface area (Å²) in [4.78, 5) is 14.4. The Morgan fingerprint density at radius 1 is 1.36 bits per heavy atom. The van der Waals surface area contributed by atoms with Gasteiger partial charge in [0.15, 0.2) is 0 Å². The van der Waals surface area contributed by atoms with Gasteiger partial charge in [0.2, 0.25) is 0 Å². The van der Waals surface area contributed by atoms with Crippen molar-refractivity contribution in [2.24, 2.45) is 0 Å². The molecule has 5 nitrogen and oxygen atoms in total. The zero-order valence-electron chi connectivity index (χ0n) is 12.4. The van der Waals surface area contributed by atoms with Crippen molar-refractivity contribution >= 4 is 40.3 Å². The lowest BCUT2D eigenvalue weighted by molar-refractivity contribution is -0.122. The highest BCUT2D eigenvalue weighted by Gasteiger charge is 2.31. The first-order valence-corrected chi connectivity index (χ1v) is 7.91. The molecule has 0 aromatic heterocycles. The van der Waals surface area contributed by atoms with Crippen LogP contribution in [0.25, 0.3) is 6.08 Å². The lowest BCUT2D eigenvalue weighted by atomic mass is 10.1. The maximum atomic E-state index is 12.4. The van der Waals surface area contributed by atoms with Gasteiger partial charge in [0.25, 0.3) is 5.91 Å². The van der Waals surface area contributed by atoms with E-state index in [9.17, 15) is 4.79 Å². The van der Waals surface area contributed by atoms with Crippen LogP contribution in [0.1, 0.15) is 12.0 Å². The molecule has 7 heteroatoms. The second-order valence-corrected chi connectivity index (χ2v) is 6.19. The molecule has 1 aromatic rings. The van der Waals surface area contributed by atoms with Gasteiger partial charge in [0.05, 0.1) is 19.1 Å². The first-order valence-electron chi connectivity index (χ1n) is 6.69. The molecule has 0 aliphatic carbocycles. The zero-order chi connectivity index (χ0) is 16.1. The fourth-order valence-corrected chi connectivity index (χ4v) is 3.30. The fraction of sp³-hybridized carbons (Fsp3) is 0.333. The van der Waals surface area contributed by atoms with Crippen molar-refractivity contribution < 1.29 is 19.4 Å². The van der Waals surface area contributed by atoms with Gasteiger partial charge in [-0.3, -0.25) is 9.69 Å². The molecule has 0 atom stereocenters. The van der Waals surface area contributed by atoms with Crippen LogP contribution in [0.4, 0.5) is 0 Å². The number of rotatable bonds is 6. The van der Waals surface area contributed by atoms with Crippen LogP contribution in [0.15, 0.2) is 23.1 Å². The van der Waals surface area contributed by atoms with Crippen LogP contribution in [0.2, 0.25) is 0 Å². The fourth-order valence-electron chi connectivity index (χ4n) is 2.00. The van der Waals surface area contributed by atoms with E-state index in [1.807, 2.05) is 6.07 Å². The van der Waals surface area contributed by atoms with Gasteiger partial charge in [-0.25, -0.2) is 0 Å². The van der Waals surface area contributed by atoms with Gasteiger partial charge < -0.3 is 14.6 Å². The minimum Gasteiger partial charge on any atom is -0.497 e. The van der Waals surface area contributed by atoms with Gasteiger partial charge in [0.1, 0.15) is 15.8 Å². The molecule has 1 N–H and O–H groups in total. The monoisotopic (exact) mass is 339 g/mol. The number of nitrogens with zero attached hydrogens (tertiary/aromatic N) is 1. The molecule has 1 saturated heterocycles. The molecule has 1 aromatic carbocycles. The van der Waals surface area contributed by atoms with E-state index in [0.717, 1.165) is 5.56 Å². The van der Waals surface area contributed by atoms with Crippen molar-refractivity contribution in [3.8, 4) is 11.5 Å². The van der Waals surface area contributed by atoms with Crippen LogP contribution in [0, 0.1) is 0 Å². The Morgan fingerprint density at radius 2 is 2.14 bits per heavy atom. The minimum atomic E-state index is -0.138. The lowest BCUT2D eigenvalue weighted by Crippen LogP contribution is -2.29. The molecule has 1 aliphatic rings. The van der Waals surface area contributed by atoms with Crippen LogP contribution in [0.3, 0.4) is 0 Å². The molecule has 1 fully saturated rings. The van der Waals surface area contributed by atoms with Crippen molar-refractivity contribution in [2.45, 2.75) is 6.42 Å². The normalized spacial score (nSPS) is 16.5. The number of benzene rings is 1. The van der Waals surface area contributed by atoms with Gasteiger partial charge in [-0.05, 0) is 24.6 Å². The molecule has 1 aliphatic heterocycles. The molecular weight excluding hydrogens is 322 g/mol. The van der Waals surface area contributed by atoms with Crippen LogP contribution < -0.4 is 9.47 Å². The second-order valence-electron chi connectivity index (χ2n) is 4.52. The van der Waals surface area contributed by atoms with E-state index in [0.29, 0.717) is 33.7 Å². The summed E-state index contributed by atoms with van der Waals surface area (Å²) in [5.41, 5.74) is 0.783. The highest BCUT2D eigenvalue weighted by atomic mass is 32.2. The van der Waals surface area contributed by atoms with E-state index in [-0.39, 0.29) is 12.5 Å². The third-order valence-electron chi connectivity index (χ3n) is 3.14. The third-order valence-corrected chi connectivity index (χ3v) is 4.52. The third kappa shape index (κ3) is 3.60. The van der Waals surface area contributed by atoms with Gasteiger partial charge in [-0.1, -0.05) is 24.0 Å². The van der Waals surface area contributed by atoms with E-state index in [4.69, 9.17) is 26.8 Å². The number of hydrogen-bond donors (Lipinski definition) is 1. The Hall–Kier alpha value is -1.57. The summed E-state index contributed by atoms with van der Waals surface area (Å²) in [6.45, 7) is 0.459. The van der Waals surface area contributed by atoms with Gasteiger partial charge in [0, 0.05) is 24.8 Å². The van der Waals surface area contributed by atoms with Crippen molar-refractivity contribution in [1.82, 2.24) is 4.90 Å². The predicted molar refractivity (Wildman–Crippen MR) is 91.1 cm³/mol. The SMILES string of the molecule is COc1ccc(/C=C2\SC(=S)N(CCCO)C2=O)c(OC)c1. The molecule has 22 heavy (non-hydrogen) atoms. The summed E-state index contributed by atoms with van der Waals surface area (Å²) in [6.07, 6.45) is 2.27. The molecule has 0 spiro atoms. The molecule has 0 unspecified atom stereocenters. The Morgan fingerprint density at radius 3 is 2.77 bits per heavy atom. The number of hydrogen-bond acceptors (Lipinski definition) is 6. The van der Waals surface area contributed by atoms with Crippen LogP contribution >= 0.6 is 24.0 Å². The van der Waals surface area contributed by atoms with E-state index in [1.165, 1.54) is 16.7 Å². The summed E-state index contributed by atoms with van der Waals surface area (Å²) >= 11 is 6.48. The number of aliphatic hydroxyl groups excluding tert-OH is 1. The average Bonchev–Trinajstić information content (AvgIpc) is 2.79. The Bertz CT molecular complexity index is 616. The molecule has 2 rings (SSSR count). The summed E-state index contributed by atoms with van der Waals surface area (Å²) in [7, 11) is 3.15. The minimum absolute atomic E-state index is 0.0302. The largest absolute Gasteiger partial charge is 0.497 e. The van der Waals surface area contributed by atoms with Crippen molar-refractivity contribution in [1.29, 1.82) is 0 Å². The van der Waals surface area contributed by atoms with Gasteiger partial charge in [-0.2, -0.15) is 0 Å². The second kappa shape index (κ2) is 7.62. The van der Waals surface area contributed by atoms with E-state index in [1.54, 1.807) is 32.4 Å². The maximum absolute atomic E-state index is 12.4. The van der Waals surface area contributed by atoms with E-state index >= 15 is 0 Å². The molecule has 0 radical (unpaired) electrons. The molecule has 0 bridgehead atoms. The standard InChI is InChI=1S/C15H17NO4S2/c1-19-11-5-4-10(12(9-11)20-2)8-13-14(18)16(6-3-7-17)15(21)22-13/h4-5,8-9,17H,3,6-7H2,1-2H3/b13-8-. The number of thioether (sulfide) groups is 1. The number of ether oxygens (including phenoxy) is 2. The quantitative estimate of drug-likeness (QED) is 0.634. The summed E-state index contributed by atoms with van der Waals surface area (Å²) in [6, 6.07) is 5.40. The number of carbonyl (C=O) groups is 1. The lowest BCUT2D eigenvalue weighted by Gasteiger charge is -2.12. The first kappa shape index (κ1) is 16.8. The summed E-state index contributed by atoms with van der Waals surface area (Å²) < 4.78 is 11.0. The Balaban J connectivity index is 2.26. The summed E-state index contributed by atoms with van der Waals surface area (Å²) in [5.74, 6) is 1.17.